The summed E-state index contributed by atoms with van der Waals surface area (Å²) in [5.74, 6) is -0.0803. The minimum absolute atomic E-state index is 0.0940. The number of hydrazone groups is 1. The van der Waals surface area contributed by atoms with Crippen LogP contribution in [-0.2, 0) is 14.6 Å². The molecule has 0 radical (unpaired) electrons. The van der Waals surface area contributed by atoms with E-state index in [9.17, 15) is 13.2 Å². The number of hydrogen-bond acceptors (Lipinski definition) is 4. The van der Waals surface area contributed by atoms with Crippen molar-refractivity contribution in [2.24, 2.45) is 11.0 Å². The molecule has 1 N–H and O–H groups in total. The van der Waals surface area contributed by atoms with E-state index in [1.54, 1.807) is 0 Å². The van der Waals surface area contributed by atoms with E-state index >= 15 is 0 Å². The van der Waals surface area contributed by atoms with Crippen LogP contribution in [0.2, 0.25) is 0 Å². The molecule has 1 atom stereocenters. The summed E-state index contributed by atoms with van der Waals surface area (Å²) in [7, 11) is -2.94. The first-order chi connectivity index (χ1) is 10.4. The zero-order valence-corrected chi connectivity index (χ0v) is 14.3. The van der Waals surface area contributed by atoms with E-state index in [0.29, 0.717) is 6.42 Å². The van der Waals surface area contributed by atoms with Crippen LogP contribution in [0.25, 0.3) is 6.08 Å². The molecule has 0 unspecified atom stereocenters. The number of carbonyl (C=O) groups excluding carboxylic acids is 1. The molecule has 0 bridgehead atoms. The summed E-state index contributed by atoms with van der Waals surface area (Å²) in [5.41, 5.74) is 3.44. The van der Waals surface area contributed by atoms with Gasteiger partial charge in [-0.25, -0.2) is 13.8 Å². The summed E-state index contributed by atoms with van der Waals surface area (Å²) in [6.07, 6.45) is 4.11. The number of hydrogen-bond donors (Lipinski definition) is 1. The highest BCUT2D eigenvalue weighted by atomic mass is 79.9. The highest BCUT2D eigenvalue weighted by Crippen LogP contribution is 2.21. The van der Waals surface area contributed by atoms with Crippen LogP contribution in [-0.4, -0.2) is 32.0 Å². The predicted molar refractivity (Wildman–Crippen MR) is 91.4 cm³/mol. The molecule has 0 aromatic heterocycles. The number of allylic oxidation sites excluding steroid dienone is 1. The number of sulfone groups is 1. The van der Waals surface area contributed by atoms with Gasteiger partial charge in [-0.1, -0.05) is 30.3 Å². The Hall–Kier alpha value is -1.47. The van der Waals surface area contributed by atoms with Crippen LogP contribution in [0.1, 0.15) is 18.4 Å². The average Bonchev–Trinajstić information content (AvgIpc) is 2.79. The fourth-order valence-electron chi connectivity index (χ4n) is 2.25. The Balaban J connectivity index is 1.79. The van der Waals surface area contributed by atoms with Gasteiger partial charge in [0.25, 0.3) is 0 Å². The molecule has 7 heteroatoms. The van der Waals surface area contributed by atoms with Gasteiger partial charge in [-0.15, -0.1) is 0 Å². The lowest BCUT2D eigenvalue weighted by Gasteiger charge is -2.05. The molecule has 1 fully saturated rings. The first-order valence-electron chi connectivity index (χ1n) is 6.89. The number of halogens is 1. The Kier molecular flexibility index (Phi) is 5.90. The van der Waals surface area contributed by atoms with Crippen molar-refractivity contribution in [1.82, 2.24) is 5.43 Å². The molecule has 0 saturated carbocycles. The monoisotopic (exact) mass is 384 g/mol. The third kappa shape index (κ3) is 5.73. The maximum Gasteiger partial charge on any atom is 0.240 e. The summed E-state index contributed by atoms with van der Waals surface area (Å²) in [6, 6.07) is 9.70. The Morgan fingerprint density at radius 1 is 1.36 bits per heavy atom. The van der Waals surface area contributed by atoms with Gasteiger partial charge in [0.15, 0.2) is 9.84 Å². The molecule has 0 spiro atoms. The highest BCUT2D eigenvalue weighted by Gasteiger charge is 2.29. The second-order valence-corrected chi connectivity index (χ2v) is 8.35. The maximum absolute atomic E-state index is 11.7. The van der Waals surface area contributed by atoms with Gasteiger partial charge >= 0.3 is 0 Å². The van der Waals surface area contributed by atoms with Crippen molar-refractivity contribution in [1.29, 1.82) is 0 Å². The predicted octanol–water partition coefficient (Wildman–Crippen LogP) is 2.35. The molecule has 1 aliphatic heterocycles. The molecule has 1 aromatic rings. The first kappa shape index (κ1) is 16.9. The number of nitrogens with one attached hydrogen (secondary N) is 1. The zero-order valence-electron chi connectivity index (χ0n) is 11.9. The van der Waals surface area contributed by atoms with Crippen LogP contribution in [0.3, 0.4) is 0 Å². The molecule has 1 amide bonds. The van der Waals surface area contributed by atoms with E-state index in [0.717, 1.165) is 10.0 Å². The molecule has 22 heavy (non-hydrogen) atoms. The zero-order chi connectivity index (χ0) is 16.0. The largest absolute Gasteiger partial charge is 0.273 e. The van der Waals surface area contributed by atoms with Gasteiger partial charge in [0.05, 0.1) is 17.7 Å². The molecule has 5 nitrogen and oxygen atoms in total. The van der Waals surface area contributed by atoms with Gasteiger partial charge in [-0.2, -0.15) is 5.10 Å². The Morgan fingerprint density at radius 2 is 2.09 bits per heavy atom. The number of amides is 1. The first-order valence-corrected chi connectivity index (χ1v) is 9.50. The van der Waals surface area contributed by atoms with Crippen molar-refractivity contribution in [2.75, 3.05) is 11.5 Å². The summed E-state index contributed by atoms with van der Waals surface area (Å²) in [4.78, 5) is 11.7. The fourth-order valence-corrected chi connectivity index (χ4v) is 4.48. The van der Waals surface area contributed by atoms with Crippen molar-refractivity contribution < 1.29 is 13.2 Å². The number of nitrogens with zero attached hydrogens (tertiary/aromatic N) is 1. The van der Waals surface area contributed by atoms with Crippen molar-refractivity contribution in [2.45, 2.75) is 12.8 Å². The third-order valence-corrected chi connectivity index (χ3v) is 5.55. The standard InChI is InChI=1S/C15H17BrN2O3S/c16-14(8-12-4-2-1-3-5-12)10-17-18-15(19)9-13-6-7-22(20,21)11-13/h1-5,8,10,13H,6-7,9,11H2,(H,18,19)/b14-8-,17-10-/t13-/m1/s1. The lowest BCUT2D eigenvalue weighted by molar-refractivity contribution is -0.121. The quantitative estimate of drug-likeness (QED) is 0.625. The van der Waals surface area contributed by atoms with Crippen molar-refractivity contribution in [3.8, 4) is 0 Å². The van der Waals surface area contributed by atoms with E-state index in [-0.39, 0.29) is 29.8 Å². The normalized spacial score (nSPS) is 21.1. The van der Waals surface area contributed by atoms with Gasteiger partial charge < -0.3 is 0 Å². The van der Waals surface area contributed by atoms with E-state index in [1.807, 2.05) is 36.4 Å². The lowest BCUT2D eigenvalue weighted by atomic mass is 10.1. The Bertz CT molecular complexity index is 684. The van der Waals surface area contributed by atoms with Crippen LogP contribution < -0.4 is 5.43 Å². The smallest absolute Gasteiger partial charge is 0.240 e. The lowest BCUT2D eigenvalue weighted by Crippen LogP contribution is -2.21. The third-order valence-electron chi connectivity index (χ3n) is 3.28. The molecule has 1 aromatic carbocycles. The van der Waals surface area contributed by atoms with E-state index in [1.165, 1.54) is 6.21 Å². The van der Waals surface area contributed by atoms with Crippen LogP contribution in [0.4, 0.5) is 0 Å². The Morgan fingerprint density at radius 3 is 2.73 bits per heavy atom. The number of rotatable bonds is 5. The van der Waals surface area contributed by atoms with Crippen molar-refractivity contribution >= 4 is 44.0 Å². The summed E-state index contributed by atoms with van der Waals surface area (Å²) < 4.78 is 23.4. The molecule has 2 rings (SSSR count). The van der Waals surface area contributed by atoms with E-state index in [2.05, 4.69) is 26.5 Å². The minimum atomic E-state index is -2.94. The van der Waals surface area contributed by atoms with Crippen LogP contribution in [0.5, 0.6) is 0 Å². The van der Waals surface area contributed by atoms with Crippen molar-refractivity contribution in [3.63, 3.8) is 0 Å². The van der Waals surface area contributed by atoms with Crippen LogP contribution in [0.15, 0.2) is 39.9 Å². The molecule has 1 aliphatic rings. The summed E-state index contributed by atoms with van der Waals surface area (Å²) in [6.45, 7) is 0. The van der Waals surface area contributed by atoms with Crippen molar-refractivity contribution in [3.05, 3.63) is 40.4 Å². The topological polar surface area (TPSA) is 75.6 Å². The molecular weight excluding hydrogens is 368 g/mol. The Labute approximate surface area is 138 Å². The molecule has 118 valence electrons. The van der Waals surface area contributed by atoms with Gasteiger partial charge in [-0.05, 0) is 39.9 Å². The number of benzene rings is 1. The highest BCUT2D eigenvalue weighted by molar-refractivity contribution is 9.12. The van der Waals surface area contributed by atoms with E-state index < -0.39 is 9.84 Å². The van der Waals surface area contributed by atoms with Crippen LogP contribution in [0, 0.1) is 5.92 Å². The van der Waals surface area contributed by atoms with Gasteiger partial charge in [0.1, 0.15) is 0 Å². The summed E-state index contributed by atoms with van der Waals surface area (Å²) >= 11 is 3.35. The van der Waals surface area contributed by atoms with E-state index in [4.69, 9.17) is 0 Å². The van der Waals surface area contributed by atoms with Gasteiger partial charge in [-0.3, -0.25) is 4.79 Å². The van der Waals surface area contributed by atoms with Gasteiger partial charge in [0.2, 0.25) is 5.91 Å². The average molecular weight is 385 g/mol. The molecular formula is C15H17BrN2O3S. The van der Waals surface area contributed by atoms with Crippen LogP contribution >= 0.6 is 15.9 Å². The molecule has 0 aliphatic carbocycles. The van der Waals surface area contributed by atoms with Gasteiger partial charge in [0, 0.05) is 10.9 Å². The minimum Gasteiger partial charge on any atom is -0.273 e. The molecule has 1 heterocycles. The summed E-state index contributed by atoms with van der Waals surface area (Å²) in [5, 5.41) is 3.86. The maximum atomic E-state index is 11.7. The number of carbonyl (C=O) groups is 1. The second-order valence-electron chi connectivity index (χ2n) is 5.21. The second kappa shape index (κ2) is 7.69. The molecule has 1 saturated heterocycles. The fraction of sp³-hybridized carbons (Fsp3) is 0.333. The SMILES string of the molecule is O=C(C[C@H]1CCS(=O)(=O)C1)N/N=C\C(Br)=C\c1ccccc1.